The SMILES string of the molecule is CS(=O)(=O)c1ccc(C=NNc2ccccc2)cc1F. The maximum atomic E-state index is 13.6. The van der Waals surface area contributed by atoms with Crippen molar-refractivity contribution in [1.82, 2.24) is 0 Å². The number of hydrogen-bond acceptors (Lipinski definition) is 4. The molecule has 0 spiro atoms. The van der Waals surface area contributed by atoms with Crippen molar-refractivity contribution in [3.8, 4) is 0 Å². The highest BCUT2D eigenvalue weighted by Gasteiger charge is 2.13. The number of halogens is 1. The van der Waals surface area contributed by atoms with Crippen LogP contribution in [0.15, 0.2) is 58.5 Å². The summed E-state index contributed by atoms with van der Waals surface area (Å²) in [7, 11) is -3.55. The summed E-state index contributed by atoms with van der Waals surface area (Å²) >= 11 is 0. The second-order valence-corrected chi connectivity index (χ2v) is 6.18. The highest BCUT2D eigenvalue weighted by atomic mass is 32.2. The van der Waals surface area contributed by atoms with E-state index in [0.29, 0.717) is 5.56 Å². The third-order valence-corrected chi connectivity index (χ3v) is 3.67. The lowest BCUT2D eigenvalue weighted by atomic mass is 10.2. The van der Waals surface area contributed by atoms with Crippen LogP contribution in [0, 0.1) is 5.82 Å². The van der Waals surface area contributed by atoms with Crippen molar-refractivity contribution >= 4 is 21.7 Å². The average Bonchev–Trinajstić information content (AvgIpc) is 2.38. The molecule has 0 aliphatic carbocycles. The summed E-state index contributed by atoms with van der Waals surface area (Å²) in [6.07, 6.45) is 2.39. The molecule has 0 saturated carbocycles. The zero-order chi connectivity index (χ0) is 14.6. The van der Waals surface area contributed by atoms with E-state index in [1.54, 1.807) is 0 Å². The van der Waals surface area contributed by atoms with Crippen molar-refractivity contribution in [3.05, 3.63) is 59.9 Å². The largest absolute Gasteiger partial charge is 0.279 e. The van der Waals surface area contributed by atoms with E-state index in [-0.39, 0.29) is 4.90 Å². The molecule has 0 saturated heterocycles. The van der Waals surface area contributed by atoms with Crippen LogP contribution in [0.3, 0.4) is 0 Å². The van der Waals surface area contributed by atoms with Gasteiger partial charge >= 0.3 is 0 Å². The monoisotopic (exact) mass is 292 g/mol. The van der Waals surface area contributed by atoms with Crippen LogP contribution < -0.4 is 5.43 Å². The van der Waals surface area contributed by atoms with Gasteiger partial charge in [0, 0.05) is 6.26 Å². The number of rotatable bonds is 4. The van der Waals surface area contributed by atoms with Gasteiger partial charge in [-0.2, -0.15) is 5.10 Å². The number of anilines is 1. The molecule has 4 nitrogen and oxygen atoms in total. The first kappa shape index (κ1) is 14.2. The molecule has 2 rings (SSSR count). The molecule has 0 amide bonds. The lowest BCUT2D eigenvalue weighted by Crippen LogP contribution is -2.01. The molecular formula is C14H13FN2O2S. The first-order valence-electron chi connectivity index (χ1n) is 5.80. The Morgan fingerprint density at radius 2 is 1.85 bits per heavy atom. The first-order valence-corrected chi connectivity index (χ1v) is 7.70. The summed E-state index contributed by atoms with van der Waals surface area (Å²) in [5, 5.41) is 3.95. The maximum Gasteiger partial charge on any atom is 0.178 e. The average molecular weight is 292 g/mol. The van der Waals surface area contributed by atoms with Crippen molar-refractivity contribution in [1.29, 1.82) is 0 Å². The zero-order valence-electron chi connectivity index (χ0n) is 10.7. The van der Waals surface area contributed by atoms with Gasteiger partial charge in [0.05, 0.1) is 11.9 Å². The minimum absolute atomic E-state index is 0.314. The van der Waals surface area contributed by atoms with E-state index in [2.05, 4.69) is 10.5 Å². The molecule has 0 bridgehead atoms. The molecule has 0 radical (unpaired) electrons. The van der Waals surface area contributed by atoms with Crippen LogP contribution >= 0.6 is 0 Å². The Kier molecular flexibility index (Phi) is 4.14. The number of nitrogens with one attached hydrogen (secondary N) is 1. The lowest BCUT2D eigenvalue weighted by Gasteiger charge is -2.02. The summed E-state index contributed by atoms with van der Waals surface area (Å²) in [6.45, 7) is 0. The molecule has 0 aliphatic rings. The molecule has 0 fully saturated rings. The molecule has 104 valence electrons. The highest BCUT2D eigenvalue weighted by molar-refractivity contribution is 7.90. The van der Waals surface area contributed by atoms with Gasteiger partial charge in [0.25, 0.3) is 0 Å². The van der Waals surface area contributed by atoms with Gasteiger partial charge in [-0.3, -0.25) is 5.43 Å². The van der Waals surface area contributed by atoms with Gasteiger partial charge < -0.3 is 0 Å². The quantitative estimate of drug-likeness (QED) is 0.696. The fraction of sp³-hybridized carbons (Fsp3) is 0.0714. The molecular weight excluding hydrogens is 279 g/mol. The molecule has 2 aromatic carbocycles. The predicted molar refractivity (Wildman–Crippen MR) is 77.2 cm³/mol. The topological polar surface area (TPSA) is 58.5 Å². The van der Waals surface area contributed by atoms with E-state index < -0.39 is 15.7 Å². The van der Waals surface area contributed by atoms with Gasteiger partial charge in [-0.15, -0.1) is 0 Å². The van der Waals surface area contributed by atoms with Crippen molar-refractivity contribution in [3.63, 3.8) is 0 Å². The standard InChI is InChI=1S/C14H13FN2O2S/c1-20(18,19)14-8-7-11(9-13(14)15)10-16-17-12-5-3-2-4-6-12/h2-10,17H,1H3. The molecule has 20 heavy (non-hydrogen) atoms. The van der Waals surface area contributed by atoms with E-state index in [1.165, 1.54) is 18.3 Å². The van der Waals surface area contributed by atoms with Gasteiger partial charge in [-0.05, 0) is 29.8 Å². The minimum Gasteiger partial charge on any atom is -0.279 e. The number of para-hydroxylation sites is 1. The van der Waals surface area contributed by atoms with E-state index in [1.807, 2.05) is 30.3 Å². The molecule has 0 aliphatic heterocycles. The summed E-state index contributed by atoms with van der Waals surface area (Å²) < 4.78 is 36.2. The Hall–Kier alpha value is -2.21. The minimum atomic E-state index is -3.55. The Labute approximate surface area is 116 Å². The third kappa shape index (κ3) is 3.64. The zero-order valence-corrected chi connectivity index (χ0v) is 11.6. The number of benzene rings is 2. The second kappa shape index (κ2) is 5.83. The van der Waals surface area contributed by atoms with Crippen LogP contribution in [0.25, 0.3) is 0 Å². The van der Waals surface area contributed by atoms with Crippen molar-refractivity contribution in [2.75, 3.05) is 11.7 Å². The predicted octanol–water partition coefficient (Wildman–Crippen LogP) is 2.68. The Morgan fingerprint density at radius 1 is 1.15 bits per heavy atom. The van der Waals surface area contributed by atoms with Crippen molar-refractivity contribution in [2.45, 2.75) is 4.90 Å². The first-order chi connectivity index (χ1) is 9.47. The second-order valence-electron chi connectivity index (χ2n) is 4.20. The number of nitrogens with zero attached hydrogens (tertiary/aromatic N) is 1. The molecule has 0 aromatic heterocycles. The van der Waals surface area contributed by atoms with Gasteiger partial charge in [0.1, 0.15) is 10.7 Å². The van der Waals surface area contributed by atoms with Crippen LogP contribution in [0.5, 0.6) is 0 Å². The number of hydrogen-bond donors (Lipinski definition) is 1. The fourth-order valence-electron chi connectivity index (χ4n) is 1.59. The van der Waals surface area contributed by atoms with E-state index in [9.17, 15) is 12.8 Å². The number of hydrazone groups is 1. The smallest absolute Gasteiger partial charge is 0.178 e. The molecule has 2 aromatic rings. The Bertz CT molecular complexity index is 728. The number of sulfone groups is 1. The van der Waals surface area contributed by atoms with E-state index in [4.69, 9.17) is 0 Å². The molecule has 0 atom stereocenters. The Morgan fingerprint density at radius 3 is 2.45 bits per heavy atom. The third-order valence-electron chi connectivity index (χ3n) is 2.54. The summed E-state index contributed by atoms with van der Waals surface area (Å²) in [6, 6.07) is 13.1. The maximum absolute atomic E-state index is 13.6. The molecule has 0 heterocycles. The van der Waals surface area contributed by atoms with Crippen LogP contribution in [-0.2, 0) is 9.84 Å². The van der Waals surface area contributed by atoms with Crippen molar-refractivity contribution in [2.24, 2.45) is 5.10 Å². The van der Waals surface area contributed by atoms with Gasteiger partial charge in [0.2, 0.25) is 0 Å². The van der Waals surface area contributed by atoms with Gasteiger partial charge in [-0.1, -0.05) is 24.3 Å². The highest BCUT2D eigenvalue weighted by Crippen LogP contribution is 2.15. The van der Waals surface area contributed by atoms with Crippen LogP contribution in [0.1, 0.15) is 5.56 Å². The van der Waals surface area contributed by atoms with Crippen LogP contribution in [0.2, 0.25) is 0 Å². The van der Waals surface area contributed by atoms with E-state index >= 15 is 0 Å². The van der Waals surface area contributed by atoms with Crippen LogP contribution in [0.4, 0.5) is 10.1 Å². The summed E-state index contributed by atoms with van der Waals surface area (Å²) in [4.78, 5) is -0.314. The summed E-state index contributed by atoms with van der Waals surface area (Å²) in [5.74, 6) is -0.781. The molecule has 0 unspecified atom stereocenters. The van der Waals surface area contributed by atoms with Crippen LogP contribution in [-0.4, -0.2) is 20.9 Å². The lowest BCUT2D eigenvalue weighted by molar-refractivity contribution is 0.570. The van der Waals surface area contributed by atoms with Gasteiger partial charge in [0.15, 0.2) is 9.84 Å². The normalized spacial score (nSPS) is 11.7. The van der Waals surface area contributed by atoms with Gasteiger partial charge in [-0.25, -0.2) is 12.8 Å². The molecule has 6 heteroatoms. The van der Waals surface area contributed by atoms with E-state index in [0.717, 1.165) is 18.0 Å². The molecule has 1 N–H and O–H groups in total. The Balaban J connectivity index is 2.13. The fourth-order valence-corrected chi connectivity index (χ4v) is 2.32. The summed E-state index contributed by atoms with van der Waals surface area (Å²) in [5.41, 5.74) is 4.06. The van der Waals surface area contributed by atoms with Crippen molar-refractivity contribution < 1.29 is 12.8 Å².